The van der Waals surface area contributed by atoms with Crippen LogP contribution in [-0.2, 0) is 12.7 Å². The third kappa shape index (κ3) is 4.56. The molecule has 0 aliphatic heterocycles. The fourth-order valence-corrected chi connectivity index (χ4v) is 2.43. The number of anilines is 1. The molecule has 3 rings (SSSR count). The monoisotopic (exact) mass is 388 g/mol. The number of rotatable bonds is 5. The summed E-state index contributed by atoms with van der Waals surface area (Å²) >= 11 is 0. The second-order valence-electron chi connectivity index (χ2n) is 5.85. The Kier molecular flexibility index (Phi) is 5.44. The van der Waals surface area contributed by atoms with E-state index in [1.807, 2.05) is 30.3 Å². The molecule has 28 heavy (non-hydrogen) atoms. The molecule has 2 amide bonds. The van der Waals surface area contributed by atoms with Gasteiger partial charge in [0.25, 0.3) is 11.8 Å². The van der Waals surface area contributed by atoms with Gasteiger partial charge in [0.05, 0.1) is 11.3 Å². The van der Waals surface area contributed by atoms with Crippen LogP contribution >= 0.6 is 0 Å². The molecule has 0 bridgehead atoms. The lowest BCUT2D eigenvalue weighted by Gasteiger charge is -2.09. The molecule has 0 unspecified atom stereocenters. The molecule has 0 saturated heterocycles. The highest BCUT2D eigenvalue weighted by molar-refractivity contribution is 6.08. The topological polar surface area (TPSA) is 86.9 Å². The molecule has 3 aromatic rings. The minimum Gasteiger partial charge on any atom is -0.346 e. The molecule has 0 radical (unpaired) electrons. The Morgan fingerprint density at radius 2 is 1.64 bits per heavy atom. The molecule has 6 nitrogen and oxygen atoms in total. The maximum absolute atomic E-state index is 12.6. The summed E-state index contributed by atoms with van der Waals surface area (Å²) in [5, 5.41) is 11.5. The zero-order valence-corrected chi connectivity index (χ0v) is 14.4. The van der Waals surface area contributed by atoms with Crippen molar-refractivity contribution in [3.63, 3.8) is 0 Å². The predicted octanol–water partition coefficient (Wildman–Crippen LogP) is 3.61. The standard InChI is InChI=1S/C19H15F3N4O2/c20-19(21,22)14-8-6-13(7-9-14)17(27)25-15-11-24-26-16(15)18(28)23-10-12-4-2-1-3-5-12/h1-9,11H,10H2,(H,23,28)(H,24,26)(H,25,27). The van der Waals surface area contributed by atoms with Gasteiger partial charge in [-0.1, -0.05) is 30.3 Å². The van der Waals surface area contributed by atoms with Gasteiger partial charge >= 0.3 is 6.18 Å². The number of hydrogen-bond acceptors (Lipinski definition) is 3. The Bertz CT molecular complexity index is 967. The van der Waals surface area contributed by atoms with Crippen LogP contribution in [-0.4, -0.2) is 22.0 Å². The molecule has 0 aliphatic carbocycles. The number of carbonyl (C=O) groups excluding carboxylic acids is 2. The lowest BCUT2D eigenvalue weighted by atomic mass is 10.1. The number of H-pyrrole nitrogens is 1. The summed E-state index contributed by atoms with van der Waals surface area (Å²) in [4.78, 5) is 24.6. The summed E-state index contributed by atoms with van der Waals surface area (Å²) < 4.78 is 37.8. The van der Waals surface area contributed by atoms with Crippen molar-refractivity contribution < 1.29 is 22.8 Å². The van der Waals surface area contributed by atoms with Gasteiger partial charge in [-0.05, 0) is 29.8 Å². The maximum atomic E-state index is 12.6. The van der Waals surface area contributed by atoms with Crippen LogP contribution in [0.4, 0.5) is 18.9 Å². The molecule has 3 N–H and O–H groups in total. The summed E-state index contributed by atoms with van der Waals surface area (Å²) in [5.74, 6) is -1.17. The summed E-state index contributed by atoms with van der Waals surface area (Å²) in [6, 6.07) is 13.0. The van der Waals surface area contributed by atoms with Crippen LogP contribution < -0.4 is 10.6 Å². The van der Waals surface area contributed by atoms with Gasteiger partial charge in [-0.25, -0.2) is 0 Å². The summed E-state index contributed by atoms with van der Waals surface area (Å²) in [6.45, 7) is 0.277. The number of aromatic amines is 1. The highest BCUT2D eigenvalue weighted by Crippen LogP contribution is 2.29. The Morgan fingerprint density at radius 3 is 2.29 bits per heavy atom. The highest BCUT2D eigenvalue weighted by Gasteiger charge is 2.30. The predicted molar refractivity (Wildman–Crippen MR) is 95.6 cm³/mol. The molecular formula is C19H15F3N4O2. The fraction of sp³-hybridized carbons (Fsp3) is 0.105. The molecule has 0 spiro atoms. The van der Waals surface area contributed by atoms with E-state index in [-0.39, 0.29) is 23.5 Å². The highest BCUT2D eigenvalue weighted by atomic mass is 19.4. The van der Waals surface area contributed by atoms with Crippen molar-refractivity contribution in [3.8, 4) is 0 Å². The van der Waals surface area contributed by atoms with Crippen LogP contribution in [0.1, 0.15) is 32.0 Å². The molecule has 0 fully saturated rings. The first-order chi connectivity index (χ1) is 13.3. The minimum absolute atomic E-state index is 0.0184. The van der Waals surface area contributed by atoms with E-state index in [1.54, 1.807) is 0 Å². The van der Waals surface area contributed by atoms with E-state index in [9.17, 15) is 22.8 Å². The molecule has 0 saturated carbocycles. The second-order valence-corrected chi connectivity index (χ2v) is 5.85. The number of alkyl halides is 3. The van der Waals surface area contributed by atoms with E-state index in [0.717, 1.165) is 29.8 Å². The van der Waals surface area contributed by atoms with Crippen molar-refractivity contribution >= 4 is 17.5 Å². The van der Waals surface area contributed by atoms with E-state index < -0.39 is 23.6 Å². The molecule has 0 aliphatic rings. The summed E-state index contributed by atoms with van der Waals surface area (Å²) in [5.41, 5.74) is 0.145. The van der Waals surface area contributed by atoms with Crippen LogP contribution in [0.2, 0.25) is 0 Å². The number of carbonyl (C=O) groups is 2. The summed E-state index contributed by atoms with van der Waals surface area (Å²) in [6.07, 6.45) is -3.16. The van der Waals surface area contributed by atoms with E-state index in [0.29, 0.717) is 0 Å². The minimum atomic E-state index is -4.48. The largest absolute Gasteiger partial charge is 0.416 e. The van der Waals surface area contributed by atoms with Gasteiger partial charge in [0.15, 0.2) is 5.69 Å². The third-order valence-corrected chi connectivity index (χ3v) is 3.87. The van der Waals surface area contributed by atoms with Gasteiger partial charge in [-0.3, -0.25) is 14.7 Å². The molecule has 0 atom stereocenters. The number of aromatic nitrogens is 2. The van der Waals surface area contributed by atoms with Crippen molar-refractivity contribution in [2.75, 3.05) is 5.32 Å². The van der Waals surface area contributed by atoms with E-state index >= 15 is 0 Å². The SMILES string of the molecule is O=C(Nc1c[nH]nc1C(=O)NCc1ccccc1)c1ccc(C(F)(F)F)cc1. The van der Waals surface area contributed by atoms with Gasteiger partial charge in [0, 0.05) is 18.3 Å². The number of hydrogen-bond donors (Lipinski definition) is 3. The van der Waals surface area contributed by atoms with Crippen LogP contribution in [0, 0.1) is 0 Å². The van der Waals surface area contributed by atoms with E-state index in [4.69, 9.17) is 0 Å². The van der Waals surface area contributed by atoms with Crippen molar-refractivity contribution in [3.05, 3.63) is 83.2 Å². The van der Waals surface area contributed by atoms with Gasteiger partial charge < -0.3 is 10.6 Å². The van der Waals surface area contributed by atoms with Crippen molar-refractivity contribution in [1.29, 1.82) is 0 Å². The molecule has 2 aromatic carbocycles. The molecule has 9 heteroatoms. The van der Waals surface area contributed by atoms with Crippen LogP contribution in [0.15, 0.2) is 60.8 Å². The van der Waals surface area contributed by atoms with Gasteiger partial charge in [0.1, 0.15) is 0 Å². The third-order valence-electron chi connectivity index (χ3n) is 3.87. The van der Waals surface area contributed by atoms with E-state index in [2.05, 4.69) is 20.8 Å². The first-order valence-corrected chi connectivity index (χ1v) is 8.19. The van der Waals surface area contributed by atoms with Crippen molar-refractivity contribution in [1.82, 2.24) is 15.5 Å². The zero-order chi connectivity index (χ0) is 20.1. The Balaban J connectivity index is 1.66. The first kappa shape index (κ1) is 19.2. The zero-order valence-electron chi connectivity index (χ0n) is 14.4. The average Bonchev–Trinajstić information content (AvgIpc) is 3.14. The second kappa shape index (κ2) is 7.95. The molecule has 144 valence electrons. The van der Waals surface area contributed by atoms with E-state index in [1.165, 1.54) is 6.20 Å². The van der Waals surface area contributed by atoms with Crippen molar-refractivity contribution in [2.24, 2.45) is 0 Å². The molecule has 1 aromatic heterocycles. The van der Waals surface area contributed by atoms with Crippen LogP contribution in [0.3, 0.4) is 0 Å². The Morgan fingerprint density at radius 1 is 0.964 bits per heavy atom. The van der Waals surface area contributed by atoms with Gasteiger partial charge in [-0.15, -0.1) is 0 Å². The number of amides is 2. The van der Waals surface area contributed by atoms with Gasteiger partial charge in [0.2, 0.25) is 0 Å². The maximum Gasteiger partial charge on any atom is 0.416 e. The normalized spacial score (nSPS) is 11.1. The number of benzene rings is 2. The Labute approximate surface area is 157 Å². The number of halogens is 3. The molecular weight excluding hydrogens is 373 g/mol. The lowest BCUT2D eigenvalue weighted by molar-refractivity contribution is -0.137. The fourth-order valence-electron chi connectivity index (χ4n) is 2.43. The number of nitrogens with one attached hydrogen (secondary N) is 3. The lowest BCUT2D eigenvalue weighted by Crippen LogP contribution is -2.25. The first-order valence-electron chi connectivity index (χ1n) is 8.19. The number of nitrogens with zero attached hydrogens (tertiary/aromatic N) is 1. The average molecular weight is 388 g/mol. The van der Waals surface area contributed by atoms with Gasteiger partial charge in [-0.2, -0.15) is 18.3 Å². The van der Waals surface area contributed by atoms with Crippen LogP contribution in [0.25, 0.3) is 0 Å². The Hall–Kier alpha value is -3.62. The van der Waals surface area contributed by atoms with Crippen LogP contribution in [0.5, 0.6) is 0 Å². The van der Waals surface area contributed by atoms with Crippen molar-refractivity contribution in [2.45, 2.75) is 12.7 Å². The molecule has 1 heterocycles. The smallest absolute Gasteiger partial charge is 0.346 e. The summed E-state index contributed by atoms with van der Waals surface area (Å²) in [7, 11) is 0. The quantitative estimate of drug-likeness (QED) is 0.624.